The van der Waals surface area contributed by atoms with Gasteiger partial charge in [0.05, 0.1) is 12.7 Å². The summed E-state index contributed by atoms with van der Waals surface area (Å²) in [6.45, 7) is 0.406. The van der Waals surface area contributed by atoms with Crippen LogP contribution in [0, 0.1) is 0 Å². The first-order valence-electron chi connectivity index (χ1n) is 7.61. The molecule has 2 heteroatoms. The Morgan fingerprint density at radius 1 is 1.00 bits per heavy atom. The van der Waals surface area contributed by atoms with Gasteiger partial charge in [-0.15, -0.1) is 0 Å². The Balaban J connectivity index is 1.64. The van der Waals surface area contributed by atoms with E-state index in [9.17, 15) is 5.11 Å². The third-order valence-corrected chi connectivity index (χ3v) is 4.20. The van der Waals surface area contributed by atoms with Crippen LogP contribution in [0.25, 0.3) is 10.8 Å². The van der Waals surface area contributed by atoms with Gasteiger partial charge in [-0.1, -0.05) is 55.7 Å². The highest BCUT2D eigenvalue weighted by Gasteiger charge is 2.16. The van der Waals surface area contributed by atoms with Crippen molar-refractivity contribution in [3.8, 4) is 0 Å². The van der Waals surface area contributed by atoms with E-state index in [0.717, 1.165) is 18.4 Å². The monoisotopic (exact) mass is 270 g/mol. The number of aliphatic hydroxyl groups excluding tert-OH is 1. The fourth-order valence-corrected chi connectivity index (χ4v) is 2.97. The summed E-state index contributed by atoms with van der Waals surface area (Å²) in [7, 11) is 0. The first kappa shape index (κ1) is 13.6. The van der Waals surface area contributed by atoms with E-state index in [4.69, 9.17) is 4.74 Å². The number of hydrogen-bond donors (Lipinski definition) is 1. The van der Waals surface area contributed by atoms with Crippen LogP contribution in [0.4, 0.5) is 0 Å². The second-order valence-electron chi connectivity index (χ2n) is 5.72. The summed E-state index contributed by atoms with van der Waals surface area (Å²) >= 11 is 0. The Hall–Kier alpha value is -1.38. The molecule has 0 heterocycles. The highest BCUT2D eigenvalue weighted by molar-refractivity contribution is 5.83. The molecule has 1 atom stereocenters. The molecule has 2 nitrogen and oxygen atoms in total. The maximum Gasteiger partial charge on any atom is 0.102 e. The lowest BCUT2D eigenvalue weighted by atomic mass is 9.97. The van der Waals surface area contributed by atoms with Gasteiger partial charge in [0.1, 0.15) is 6.10 Å². The van der Waals surface area contributed by atoms with Crippen molar-refractivity contribution in [3.63, 3.8) is 0 Å². The maximum atomic E-state index is 10.3. The fourth-order valence-electron chi connectivity index (χ4n) is 2.97. The van der Waals surface area contributed by atoms with Crippen LogP contribution in [0.15, 0.2) is 42.5 Å². The molecule has 0 aliphatic heterocycles. The summed E-state index contributed by atoms with van der Waals surface area (Å²) < 4.78 is 5.86. The van der Waals surface area contributed by atoms with E-state index in [-0.39, 0.29) is 0 Å². The maximum absolute atomic E-state index is 10.3. The van der Waals surface area contributed by atoms with Gasteiger partial charge in [0.25, 0.3) is 0 Å². The smallest absolute Gasteiger partial charge is 0.102 e. The standard InChI is InChI=1S/C18H22O2/c19-18(13-20-17-8-2-1-3-9-17)16-11-10-14-6-4-5-7-15(14)12-16/h4-7,10-12,17-19H,1-3,8-9,13H2. The van der Waals surface area contributed by atoms with Crippen LogP contribution < -0.4 is 0 Å². The minimum Gasteiger partial charge on any atom is -0.386 e. The van der Waals surface area contributed by atoms with Crippen molar-refractivity contribution in [2.24, 2.45) is 0 Å². The SMILES string of the molecule is OC(COC1CCCCC1)c1ccc2ccccc2c1. The summed E-state index contributed by atoms with van der Waals surface area (Å²) in [5.74, 6) is 0. The van der Waals surface area contributed by atoms with Crippen molar-refractivity contribution in [1.82, 2.24) is 0 Å². The molecule has 2 aromatic carbocycles. The molecule has 20 heavy (non-hydrogen) atoms. The summed E-state index contributed by atoms with van der Waals surface area (Å²) in [5.41, 5.74) is 0.944. The molecule has 3 rings (SSSR count). The molecule has 1 aliphatic rings. The number of benzene rings is 2. The molecule has 0 bridgehead atoms. The van der Waals surface area contributed by atoms with Crippen molar-refractivity contribution in [2.45, 2.75) is 44.3 Å². The van der Waals surface area contributed by atoms with Gasteiger partial charge in [-0.2, -0.15) is 0 Å². The van der Waals surface area contributed by atoms with Crippen LogP contribution in [0.5, 0.6) is 0 Å². The van der Waals surface area contributed by atoms with E-state index in [1.54, 1.807) is 0 Å². The topological polar surface area (TPSA) is 29.5 Å². The third kappa shape index (κ3) is 3.20. The van der Waals surface area contributed by atoms with E-state index < -0.39 is 6.10 Å². The minimum absolute atomic E-state index is 0.346. The molecule has 0 saturated heterocycles. The zero-order valence-corrected chi connectivity index (χ0v) is 11.8. The summed E-state index contributed by atoms with van der Waals surface area (Å²) in [6, 6.07) is 14.3. The van der Waals surface area contributed by atoms with E-state index in [1.807, 2.05) is 18.2 Å². The Bertz CT molecular complexity index is 558. The molecular formula is C18H22O2. The summed E-state index contributed by atoms with van der Waals surface area (Å²) in [6.07, 6.45) is 5.95. The average molecular weight is 270 g/mol. The molecule has 106 valence electrons. The van der Waals surface area contributed by atoms with Gasteiger partial charge in [-0.25, -0.2) is 0 Å². The molecule has 0 aromatic heterocycles. The molecule has 1 aliphatic carbocycles. The van der Waals surface area contributed by atoms with Gasteiger partial charge in [0.15, 0.2) is 0 Å². The molecule has 1 fully saturated rings. The molecular weight excluding hydrogens is 248 g/mol. The quantitative estimate of drug-likeness (QED) is 0.901. The highest BCUT2D eigenvalue weighted by Crippen LogP contribution is 2.24. The number of fused-ring (bicyclic) bond motifs is 1. The van der Waals surface area contributed by atoms with Crippen molar-refractivity contribution in [1.29, 1.82) is 0 Å². The van der Waals surface area contributed by atoms with Gasteiger partial charge in [0.2, 0.25) is 0 Å². The second kappa shape index (κ2) is 6.38. The van der Waals surface area contributed by atoms with Crippen LogP contribution in [0.1, 0.15) is 43.8 Å². The zero-order valence-electron chi connectivity index (χ0n) is 11.8. The van der Waals surface area contributed by atoms with Crippen LogP contribution >= 0.6 is 0 Å². The first-order chi connectivity index (χ1) is 9.83. The van der Waals surface area contributed by atoms with Crippen LogP contribution in [0.2, 0.25) is 0 Å². The molecule has 0 radical (unpaired) electrons. The zero-order chi connectivity index (χ0) is 13.8. The predicted octanol–water partition coefficient (Wildman–Crippen LogP) is 4.22. The Morgan fingerprint density at radius 3 is 2.55 bits per heavy atom. The average Bonchev–Trinajstić information content (AvgIpc) is 2.53. The highest BCUT2D eigenvalue weighted by atomic mass is 16.5. The van der Waals surface area contributed by atoms with Crippen molar-refractivity contribution in [3.05, 3.63) is 48.0 Å². The van der Waals surface area contributed by atoms with Gasteiger partial charge in [0, 0.05) is 0 Å². The van der Waals surface area contributed by atoms with Crippen LogP contribution in [-0.2, 0) is 4.74 Å². The lowest BCUT2D eigenvalue weighted by Crippen LogP contribution is -2.20. The van der Waals surface area contributed by atoms with Gasteiger partial charge in [-0.3, -0.25) is 0 Å². The van der Waals surface area contributed by atoms with E-state index in [0.29, 0.717) is 12.7 Å². The predicted molar refractivity (Wildman–Crippen MR) is 81.7 cm³/mol. The molecule has 1 unspecified atom stereocenters. The van der Waals surface area contributed by atoms with E-state index in [2.05, 4.69) is 24.3 Å². The van der Waals surface area contributed by atoms with Crippen LogP contribution in [0.3, 0.4) is 0 Å². The molecule has 1 saturated carbocycles. The lowest BCUT2D eigenvalue weighted by Gasteiger charge is -2.23. The Morgan fingerprint density at radius 2 is 1.75 bits per heavy atom. The van der Waals surface area contributed by atoms with Crippen LogP contribution in [-0.4, -0.2) is 17.8 Å². The number of hydrogen-bond acceptors (Lipinski definition) is 2. The third-order valence-electron chi connectivity index (χ3n) is 4.20. The Labute approximate surface area is 120 Å². The van der Waals surface area contributed by atoms with Crippen molar-refractivity contribution < 1.29 is 9.84 Å². The second-order valence-corrected chi connectivity index (χ2v) is 5.72. The summed E-state index contributed by atoms with van der Waals surface area (Å²) in [5, 5.41) is 12.7. The first-order valence-corrected chi connectivity index (χ1v) is 7.61. The Kier molecular flexibility index (Phi) is 4.34. The number of ether oxygens (including phenoxy) is 1. The normalized spacial score (nSPS) is 18.2. The molecule has 0 spiro atoms. The van der Waals surface area contributed by atoms with Crippen molar-refractivity contribution in [2.75, 3.05) is 6.61 Å². The lowest BCUT2D eigenvalue weighted by molar-refractivity contribution is -0.0245. The molecule has 0 amide bonds. The van der Waals surface area contributed by atoms with E-state index in [1.165, 1.54) is 30.0 Å². The summed E-state index contributed by atoms with van der Waals surface area (Å²) in [4.78, 5) is 0. The fraction of sp³-hybridized carbons (Fsp3) is 0.444. The number of rotatable bonds is 4. The number of aliphatic hydroxyl groups is 1. The minimum atomic E-state index is -0.526. The molecule has 2 aromatic rings. The molecule has 1 N–H and O–H groups in total. The van der Waals surface area contributed by atoms with Gasteiger partial charge >= 0.3 is 0 Å². The van der Waals surface area contributed by atoms with Gasteiger partial charge < -0.3 is 9.84 Å². The van der Waals surface area contributed by atoms with Gasteiger partial charge in [-0.05, 0) is 35.2 Å². The largest absolute Gasteiger partial charge is 0.386 e. The van der Waals surface area contributed by atoms with Crippen molar-refractivity contribution >= 4 is 10.8 Å². The van der Waals surface area contributed by atoms with E-state index >= 15 is 0 Å².